The summed E-state index contributed by atoms with van der Waals surface area (Å²) in [6.07, 6.45) is 9.78. The number of rotatable bonds is 7. The van der Waals surface area contributed by atoms with Crippen molar-refractivity contribution < 1.29 is 4.79 Å². The molecule has 0 spiro atoms. The lowest BCUT2D eigenvalue weighted by molar-refractivity contribution is 0.0984. The molecule has 4 rings (SSSR count). The Bertz CT molecular complexity index is 1080. The van der Waals surface area contributed by atoms with Gasteiger partial charge in [-0.25, -0.2) is 4.98 Å². The van der Waals surface area contributed by atoms with E-state index in [0.717, 1.165) is 21.8 Å². The zero-order valence-corrected chi connectivity index (χ0v) is 16.0. The number of hydrogen-bond donors (Lipinski definition) is 0. The molecule has 0 radical (unpaired) electrons. The molecule has 0 N–H and O–H groups in total. The van der Waals surface area contributed by atoms with E-state index in [2.05, 4.69) is 9.97 Å². The summed E-state index contributed by atoms with van der Waals surface area (Å²) in [6, 6.07) is 17.8. The van der Waals surface area contributed by atoms with E-state index in [0.29, 0.717) is 18.7 Å². The van der Waals surface area contributed by atoms with E-state index < -0.39 is 0 Å². The highest BCUT2D eigenvalue weighted by Crippen LogP contribution is 2.16. The lowest BCUT2D eigenvalue weighted by Gasteiger charge is -2.08. The topological polar surface area (TPSA) is 47.8 Å². The second kappa shape index (κ2) is 8.59. The van der Waals surface area contributed by atoms with E-state index in [4.69, 9.17) is 0 Å². The van der Waals surface area contributed by atoms with Crippen LogP contribution in [0.5, 0.6) is 0 Å². The zero-order chi connectivity index (χ0) is 19.2. The van der Waals surface area contributed by atoms with Crippen LogP contribution in [0.25, 0.3) is 12.2 Å². The van der Waals surface area contributed by atoms with Crippen molar-refractivity contribution >= 4 is 29.3 Å². The number of carbonyl (C=O) groups excluding carboxylic acids is 1. The zero-order valence-electron chi connectivity index (χ0n) is 15.2. The van der Waals surface area contributed by atoms with Gasteiger partial charge in [0.05, 0.1) is 17.8 Å². The Morgan fingerprint density at radius 1 is 1.00 bits per heavy atom. The number of thiazole rings is 1. The summed E-state index contributed by atoms with van der Waals surface area (Å²) in [5, 5.41) is 2.81. The smallest absolute Gasteiger partial charge is 0.186 e. The molecule has 138 valence electrons. The molecule has 1 aromatic carbocycles. The SMILES string of the molecule is O=C(Cc1nc(/C=C\c2ccccc2)cs1)c1cccn1Cc1ccncc1. The summed E-state index contributed by atoms with van der Waals surface area (Å²) in [7, 11) is 0. The third-order valence-corrected chi connectivity index (χ3v) is 5.21. The fraction of sp³-hybridized carbons (Fsp3) is 0.0870. The first kappa shape index (κ1) is 18.1. The summed E-state index contributed by atoms with van der Waals surface area (Å²) in [4.78, 5) is 21.4. The quantitative estimate of drug-likeness (QED) is 0.421. The van der Waals surface area contributed by atoms with Crippen LogP contribution >= 0.6 is 11.3 Å². The van der Waals surface area contributed by atoms with Gasteiger partial charge in [-0.05, 0) is 41.5 Å². The molecule has 0 aliphatic heterocycles. The van der Waals surface area contributed by atoms with Gasteiger partial charge in [-0.2, -0.15) is 0 Å². The predicted molar refractivity (Wildman–Crippen MR) is 113 cm³/mol. The molecule has 0 aliphatic rings. The number of aromatic nitrogens is 3. The van der Waals surface area contributed by atoms with E-state index in [-0.39, 0.29) is 5.78 Å². The van der Waals surface area contributed by atoms with Crippen molar-refractivity contribution in [2.45, 2.75) is 13.0 Å². The van der Waals surface area contributed by atoms with Gasteiger partial charge in [-0.3, -0.25) is 9.78 Å². The third kappa shape index (κ3) is 4.50. The average molecular weight is 385 g/mol. The highest BCUT2D eigenvalue weighted by Gasteiger charge is 2.14. The molecule has 0 fully saturated rings. The number of Topliss-reactive ketones (excluding diaryl/α,β-unsaturated/α-hetero) is 1. The number of hydrogen-bond acceptors (Lipinski definition) is 4. The second-order valence-corrected chi connectivity index (χ2v) is 7.33. The largest absolute Gasteiger partial charge is 0.341 e. The molecule has 4 aromatic rings. The summed E-state index contributed by atoms with van der Waals surface area (Å²) in [5.74, 6) is 0.0759. The van der Waals surface area contributed by atoms with Crippen LogP contribution in [0.2, 0.25) is 0 Å². The van der Waals surface area contributed by atoms with Crippen molar-refractivity contribution in [2.75, 3.05) is 0 Å². The van der Waals surface area contributed by atoms with Gasteiger partial charge in [0.25, 0.3) is 0 Å². The van der Waals surface area contributed by atoms with E-state index in [9.17, 15) is 4.79 Å². The Hall–Kier alpha value is -3.31. The number of carbonyl (C=O) groups is 1. The number of benzene rings is 1. The molecule has 0 atom stereocenters. The van der Waals surface area contributed by atoms with Crippen molar-refractivity contribution in [3.63, 3.8) is 0 Å². The Kier molecular flexibility index (Phi) is 5.54. The first-order chi connectivity index (χ1) is 13.8. The number of ketones is 1. The van der Waals surface area contributed by atoms with Crippen LogP contribution in [-0.4, -0.2) is 20.3 Å². The van der Waals surface area contributed by atoms with Crippen LogP contribution < -0.4 is 0 Å². The van der Waals surface area contributed by atoms with E-state index in [1.165, 1.54) is 11.3 Å². The summed E-state index contributed by atoms with van der Waals surface area (Å²) in [6.45, 7) is 0.652. The predicted octanol–water partition coefficient (Wildman–Crippen LogP) is 4.98. The van der Waals surface area contributed by atoms with Crippen molar-refractivity contribution in [3.05, 3.63) is 106 Å². The Balaban J connectivity index is 1.43. The molecule has 0 saturated heterocycles. The first-order valence-corrected chi connectivity index (χ1v) is 9.91. The average Bonchev–Trinajstić information content (AvgIpc) is 3.37. The van der Waals surface area contributed by atoms with Crippen molar-refractivity contribution in [2.24, 2.45) is 0 Å². The van der Waals surface area contributed by atoms with E-state index in [1.807, 2.05) is 82.9 Å². The highest BCUT2D eigenvalue weighted by molar-refractivity contribution is 7.09. The lowest BCUT2D eigenvalue weighted by atomic mass is 10.2. The van der Waals surface area contributed by atoms with Gasteiger partial charge in [-0.15, -0.1) is 11.3 Å². The minimum absolute atomic E-state index is 0.0759. The third-order valence-electron chi connectivity index (χ3n) is 4.34. The molecule has 3 heterocycles. The summed E-state index contributed by atoms with van der Waals surface area (Å²) >= 11 is 1.52. The van der Waals surface area contributed by atoms with Crippen molar-refractivity contribution in [1.82, 2.24) is 14.5 Å². The fourth-order valence-electron chi connectivity index (χ4n) is 2.95. The Labute approximate surface area is 167 Å². The number of nitrogens with zero attached hydrogens (tertiary/aromatic N) is 3. The molecule has 3 aromatic heterocycles. The maximum absolute atomic E-state index is 12.8. The minimum Gasteiger partial charge on any atom is -0.341 e. The molecule has 0 unspecified atom stereocenters. The standard InChI is InChI=1S/C23H19N3OS/c27-22(21-7-4-14-26(21)16-19-10-12-24-13-11-19)15-23-25-20(17-28-23)9-8-18-5-2-1-3-6-18/h1-14,17H,15-16H2/b9-8-. The summed E-state index contributed by atoms with van der Waals surface area (Å²) < 4.78 is 1.97. The molecule has 0 amide bonds. The molecule has 4 nitrogen and oxygen atoms in total. The van der Waals surface area contributed by atoms with Crippen LogP contribution in [0, 0.1) is 0 Å². The van der Waals surface area contributed by atoms with Crippen LogP contribution in [0.1, 0.15) is 32.3 Å². The molecular formula is C23H19N3OS. The van der Waals surface area contributed by atoms with Crippen molar-refractivity contribution in [3.8, 4) is 0 Å². The van der Waals surface area contributed by atoms with Gasteiger partial charge in [-0.1, -0.05) is 36.4 Å². The maximum Gasteiger partial charge on any atom is 0.186 e. The van der Waals surface area contributed by atoms with Crippen LogP contribution in [0.15, 0.2) is 78.6 Å². The maximum atomic E-state index is 12.8. The van der Waals surface area contributed by atoms with Gasteiger partial charge in [0.15, 0.2) is 5.78 Å². The first-order valence-electron chi connectivity index (χ1n) is 9.03. The van der Waals surface area contributed by atoms with Gasteiger partial charge < -0.3 is 4.57 Å². The minimum atomic E-state index is 0.0759. The molecule has 28 heavy (non-hydrogen) atoms. The monoisotopic (exact) mass is 385 g/mol. The Morgan fingerprint density at radius 3 is 2.64 bits per heavy atom. The van der Waals surface area contributed by atoms with Gasteiger partial charge in [0, 0.05) is 30.5 Å². The van der Waals surface area contributed by atoms with Crippen molar-refractivity contribution in [1.29, 1.82) is 0 Å². The fourth-order valence-corrected chi connectivity index (χ4v) is 3.71. The summed E-state index contributed by atoms with van der Waals surface area (Å²) in [5.41, 5.74) is 3.82. The van der Waals surface area contributed by atoms with Gasteiger partial charge in [0.1, 0.15) is 5.01 Å². The van der Waals surface area contributed by atoms with E-state index in [1.54, 1.807) is 12.4 Å². The molecule has 5 heteroatoms. The second-order valence-electron chi connectivity index (χ2n) is 6.39. The van der Waals surface area contributed by atoms with Gasteiger partial charge >= 0.3 is 0 Å². The van der Waals surface area contributed by atoms with E-state index >= 15 is 0 Å². The van der Waals surface area contributed by atoms with Crippen LogP contribution in [0.4, 0.5) is 0 Å². The normalized spacial score (nSPS) is 11.1. The van der Waals surface area contributed by atoms with Crippen LogP contribution in [-0.2, 0) is 13.0 Å². The molecular weight excluding hydrogens is 366 g/mol. The number of pyridine rings is 1. The highest BCUT2D eigenvalue weighted by atomic mass is 32.1. The molecule has 0 saturated carbocycles. The molecule has 0 bridgehead atoms. The lowest BCUT2D eigenvalue weighted by Crippen LogP contribution is -2.11. The Morgan fingerprint density at radius 2 is 1.82 bits per heavy atom. The van der Waals surface area contributed by atoms with Crippen LogP contribution in [0.3, 0.4) is 0 Å². The molecule has 0 aliphatic carbocycles. The van der Waals surface area contributed by atoms with Gasteiger partial charge in [0.2, 0.25) is 0 Å².